The molecule has 2 aromatic rings. The largest absolute Gasteiger partial charge is 0.373 e. The first-order chi connectivity index (χ1) is 10.1. The van der Waals surface area contributed by atoms with E-state index in [9.17, 15) is 4.79 Å². The molecule has 1 aromatic heterocycles. The van der Waals surface area contributed by atoms with Gasteiger partial charge >= 0.3 is 0 Å². The Balaban J connectivity index is 2.06. The third kappa shape index (κ3) is 3.71. The number of hydrogen-bond acceptors (Lipinski definition) is 4. The lowest BCUT2D eigenvalue weighted by Gasteiger charge is -2.08. The van der Waals surface area contributed by atoms with Gasteiger partial charge in [-0.15, -0.1) is 0 Å². The molecule has 106 valence electrons. The molecular weight excluding hydrogens is 288 g/mol. The van der Waals surface area contributed by atoms with Crippen LogP contribution in [0.25, 0.3) is 0 Å². The van der Waals surface area contributed by atoms with Crippen LogP contribution in [0.3, 0.4) is 0 Å². The predicted molar refractivity (Wildman–Crippen MR) is 81.1 cm³/mol. The maximum atomic E-state index is 12.1. The van der Waals surface area contributed by atoms with E-state index in [1.807, 2.05) is 6.07 Å². The second kappa shape index (κ2) is 6.73. The minimum Gasteiger partial charge on any atom is -0.373 e. The monoisotopic (exact) mass is 300 g/mol. The molecule has 0 unspecified atom stereocenters. The van der Waals surface area contributed by atoms with E-state index in [1.165, 1.54) is 6.20 Å². The van der Waals surface area contributed by atoms with Gasteiger partial charge in [-0.2, -0.15) is 5.26 Å². The summed E-state index contributed by atoms with van der Waals surface area (Å²) >= 11 is 5.98. The van der Waals surface area contributed by atoms with Crippen molar-refractivity contribution in [2.45, 2.75) is 6.54 Å². The fourth-order valence-corrected chi connectivity index (χ4v) is 1.91. The topological polar surface area (TPSA) is 77.8 Å². The molecule has 0 saturated heterocycles. The van der Waals surface area contributed by atoms with Crippen LogP contribution in [-0.4, -0.2) is 17.9 Å². The molecule has 0 spiro atoms. The van der Waals surface area contributed by atoms with Crippen molar-refractivity contribution >= 4 is 23.3 Å². The minimum absolute atomic E-state index is 0.275. The van der Waals surface area contributed by atoms with Crippen molar-refractivity contribution in [3.63, 3.8) is 0 Å². The summed E-state index contributed by atoms with van der Waals surface area (Å²) in [6.07, 6.45) is 1.43. The number of amides is 1. The maximum absolute atomic E-state index is 12.1. The van der Waals surface area contributed by atoms with Gasteiger partial charge in [0, 0.05) is 19.8 Å². The Kier molecular flexibility index (Phi) is 4.75. The van der Waals surface area contributed by atoms with Crippen LogP contribution in [0.2, 0.25) is 5.02 Å². The van der Waals surface area contributed by atoms with E-state index in [1.54, 1.807) is 37.4 Å². The summed E-state index contributed by atoms with van der Waals surface area (Å²) < 4.78 is 0. The summed E-state index contributed by atoms with van der Waals surface area (Å²) in [6.45, 7) is 0.359. The Hall–Kier alpha value is -2.58. The molecule has 0 bridgehead atoms. The normalized spacial score (nSPS) is 9.76. The Labute approximate surface area is 127 Å². The van der Waals surface area contributed by atoms with Crippen molar-refractivity contribution in [1.29, 1.82) is 5.26 Å². The third-order valence-corrected chi connectivity index (χ3v) is 3.19. The van der Waals surface area contributed by atoms with Crippen LogP contribution < -0.4 is 10.6 Å². The van der Waals surface area contributed by atoms with Gasteiger partial charge in [0.15, 0.2) is 0 Å². The van der Waals surface area contributed by atoms with Crippen LogP contribution in [0.1, 0.15) is 21.5 Å². The van der Waals surface area contributed by atoms with Crippen molar-refractivity contribution in [1.82, 2.24) is 10.3 Å². The second-order valence-electron chi connectivity index (χ2n) is 4.29. The summed E-state index contributed by atoms with van der Waals surface area (Å²) in [4.78, 5) is 16.2. The van der Waals surface area contributed by atoms with Crippen molar-refractivity contribution in [2.75, 3.05) is 12.4 Å². The Morgan fingerprint density at radius 3 is 2.71 bits per heavy atom. The molecule has 5 nitrogen and oxygen atoms in total. The number of hydrogen-bond donors (Lipinski definition) is 2. The number of anilines is 1. The zero-order chi connectivity index (χ0) is 15.2. The molecule has 0 aliphatic heterocycles. The summed E-state index contributed by atoms with van der Waals surface area (Å²) in [5.41, 5.74) is 1.85. The van der Waals surface area contributed by atoms with Crippen LogP contribution in [0.4, 0.5) is 5.82 Å². The molecule has 6 heteroatoms. The highest BCUT2D eigenvalue weighted by Crippen LogP contribution is 2.17. The fourth-order valence-electron chi connectivity index (χ4n) is 1.72. The van der Waals surface area contributed by atoms with Crippen molar-refractivity contribution in [3.05, 3.63) is 58.2 Å². The van der Waals surface area contributed by atoms with Gasteiger partial charge in [-0.3, -0.25) is 4.79 Å². The molecule has 1 aromatic carbocycles. The van der Waals surface area contributed by atoms with E-state index in [0.717, 1.165) is 5.56 Å². The maximum Gasteiger partial charge on any atom is 0.253 e. The molecule has 1 amide bonds. The first-order valence-electron chi connectivity index (χ1n) is 6.24. The van der Waals surface area contributed by atoms with Crippen LogP contribution >= 0.6 is 11.6 Å². The summed E-state index contributed by atoms with van der Waals surface area (Å²) in [5, 5.41) is 14.7. The number of pyridine rings is 1. The van der Waals surface area contributed by atoms with Gasteiger partial charge in [-0.25, -0.2) is 4.98 Å². The van der Waals surface area contributed by atoms with Crippen LogP contribution in [0, 0.1) is 11.3 Å². The van der Waals surface area contributed by atoms with Gasteiger partial charge in [-0.05, 0) is 23.8 Å². The Morgan fingerprint density at radius 1 is 1.38 bits per heavy atom. The third-order valence-electron chi connectivity index (χ3n) is 2.89. The summed E-state index contributed by atoms with van der Waals surface area (Å²) in [6, 6.07) is 10.7. The number of rotatable bonds is 4. The lowest BCUT2D eigenvalue weighted by Crippen LogP contribution is -2.23. The van der Waals surface area contributed by atoms with Crippen LogP contribution in [0.5, 0.6) is 0 Å². The quantitative estimate of drug-likeness (QED) is 0.909. The van der Waals surface area contributed by atoms with Gasteiger partial charge in [0.1, 0.15) is 5.82 Å². The van der Waals surface area contributed by atoms with Crippen LogP contribution in [-0.2, 0) is 6.54 Å². The van der Waals surface area contributed by atoms with E-state index in [2.05, 4.69) is 15.6 Å². The predicted octanol–water partition coefficient (Wildman–Crippen LogP) is 2.58. The van der Waals surface area contributed by atoms with Gasteiger partial charge in [0.05, 0.1) is 22.2 Å². The fraction of sp³-hybridized carbons (Fsp3) is 0.133. The van der Waals surface area contributed by atoms with Crippen molar-refractivity contribution in [2.24, 2.45) is 0 Å². The van der Waals surface area contributed by atoms with E-state index < -0.39 is 0 Å². The number of carbonyl (C=O) groups is 1. The van der Waals surface area contributed by atoms with E-state index >= 15 is 0 Å². The Morgan fingerprint density at radius 2 is 2.10 bits per heavy atom. The van der Waals surface area contributed by atoms with Gasteiger partial charge < -0.3 is 10.6 Å². The smallest absolute Gasteiger partial charge is 0.253 e. The van der Waals surface area contributed by atoms with E-state index in [0.29, 0.717) is 28.5 Å². The molecular formula is C15H13ClN4O. The van der Waals surface area contributed by atoms with Gasteiger partial charge in [-0.1, -0.05) is 23.7 Å². The summed E-state index contributed by atoms with van der Waals surface area (Å²) in [7, 11) is 1.72. The molecule has 0 fully saturated rings. The van der Waals surface area contributed by atoms with Crippen LogP contribution in [0.15, 0.2) is 36.5 Å². The number of carbonyl (C=O) groups excluding carboxylic acids is 1. The molecule has 0 aliphatic rings. The number of nitriles is 1. The molecule has 0 saturated carbocycles. The Bertz CT molecular complexity index is 692. The summed E-state index contributed by atoms with van der Waals surface area (Å²) in [5.74, 6) is 0.297. The highest BCUT2D eigenvalue weighted by atomic mass is 35.5. The molecule has 1 heterocycles. The molecule has 0 atom stereocenters. The van der Waals surface area contributed by atoms with Gasteiger partial charge in [0.25, 0.3) is 5.91 Å². The lowest BCUT2D eigenvalue weighted by atomic mass is 10.1. The number of nitrogens with one attached hydrogen (secondary N) is 2. The highest BCUT2D eigenvalue weighted by Gasteiger charge is 2.11. The molecule has 0 aliphatic carbocycles. The average Bonchev–Trinajstić information content (AvgIpc) is 2.53. The lowest BCUT2D eigenvalue weighted by molar-refractivity contribution is 0.0951. The number of aromatic nitrogens is 1. The molecule has 0 radical (unpaired) electrons. The van der Waals surface area contributed by atoms with E-state index in [-0.39, 0.29) is 5.91 Å². The first kappa shape index (κ1) is 14.8. The van der Waals surface area contributed by atoms with Gasteiger partial charge in [0.2, 0.25) is 0 Å². The van der Waals surface area contributed by atoms with Crippen molar-refractivity contribution in [3.8, 4) is 6.07 Å². The number of benzene rings is 1. The highest BCUT2D eigenvalue weighted by molar-refractivity contribution is 6.33. The van der Waals surface area contributed by atoms with E-state index in [4.69, 9.17) is 16.9 Å². The zero-order valence-corrected chi connectivity index (χ0v) is 12.1. The first-order valence-corrected chi connectivity index (χ1v) is 6.62. The second-order valence-corrected chi connectivity index (χ2v) is 4.70. The SMILES string of the molecule is CNc1cc(C(=O)NCc2ccc(C#N)cc2)c(Cl)cn1. The molecule has 2 N–H and O–H groups in total. The number of nitrogens with zero attached hydrogens (tertiary/aromatic N) is 2. The number of halogens is 1. The molecule has 2 rings (SSSR count). The standard InChI is InChI=1S/C15H13ClN4O/c1-18-14-6-12(13(16)9-19-14)15(21)20-8-11-4-2-10(7-17)3-5-11/h2-6,9H,8H2,1H3,(H,18,19)(H,20,21). The van der Waals surface area contributed by atoms with Crippen molar-refractivity contribution < 1.29 is 4.79 Å². The zero-order valence-electron chi connectivity index (χ0n) is 11.4. The average molecular weight is 301 g/mol. The molecule has 21 heavy (non-hydrogen) atoms. The minimum atomic E-state index is -0.275.